The average molecular weight is 356 g/mol. The molecule has 0 bridgehead atoms. The van der Waals surface area contributed by atoms with Crippen LogP contribution >= 0.6 is 0 Å². The SMILES string of the molecule is N#CC(C(=O)c1ccc(OC(F)F)cc1)c1ccc(C(F)(F)F)cn1. The van der Waals surface area contributed by atoms with E-state index in [1.807, 2.05) is 0 Å². The van der Waals surface area contributed by atoms with Crippen molar-refractivity contribution in [2.45, 2.75) is 18.7 Å². The first-order valence-corrected chi connectivity index (χ1v) is 6.74. The summed E-state index contributed by atoms with van der Waals surface area (Å²) in [6.07, 6.45) is -4.05. The van der Waals surface area contributed by atoms with Crippen LogP contribution in [-0.4, -0.2) is 17.4 Å². The summed E-state index contributed by atoms with van der Waals surface area (Å²) in [7, 11) is 0. The number of alkyl halides is 5. The Morgan fingerprint density at radius 3 is 2.20 bits per heavy atom. The fraction of sp³-hybridized carbons (Fsp3) is 0.188. The van der Waals surface area contributed by atoms with Gasteiger partial charge in [0.25, 0.3) is 0 Å². The number of hydrogen-bond acceptors (Lipinski definition) is 4. The molecule has 0 aliphatic rings. The lowest BCUT2D eigenvalue weighted by atomic mass is 9.95. The third kappa shape index (κ3) is 4.50. The molecule has 25 heavy (non-hydrogen) atoms. The molecule has 1 unspecified atom stereocenters. The molecule has 0 N–H and O–H groups in total. The van der Waals surface area contributed by atoms with E-state index in [1.165, 1.54) is 12.1 Å². The van der Waals surface area contributed by atoms with Crippen LogP contribution in [0.2, 0.25) is 0 Å². The molecule has 0 saturated heterocycles. The zero-order chi connectivity index (χ0) is 18.6. The minimum Gasteiger partial charge on any atom is -0.435 e. The van der Waals surface area contributed by atoms with Crippen LogP contribution in [0, 0.1) is 11.3 Å². The Hall–Kier alpha value is -3.02. The zero-order valence-corrected chi connectivity index (χ0v) is 12.3. The fourth-order valence-electron chi connectivity index (χ4n) is 1.97. The van der Waals surface area contributed by atoms with Crippen molar-refractivity contribution in [1.82, 2.24) is 4.98 Å². The van der Waals surface area contributed by atoms with E-state index in [0.717, 1.165) is 24.3 Å². The van der Waals surface area contributed by atoms with Crippen molar-refractivity contribution in [3.63, 3.8) is 0 Å². The number of nitriles is 1. The van der Waals surface area contributed by atoms with Gasteiger partial charge in [-0.1, -0.05) is 0 Å². The molecule has 1 atom stereocenters. The maximum atomic E-state index is 12.5. The summed E-state index contributed by atoms with van der Waals surface area (Å²) >= 11 is 0. The van der Waals surface area contributed by atoms with Crippen LogP contribution in [0.3, 0.4) is 0 Å². The summed E-state index contributed by atoms with van der Waals surface area (Å²) in [6, 6.07) is 7.93. The normalized spacial score (nSPS) is 12.5. The van der Waals surface area contributed by atoms with Crippen LogP contribution in [0.1, 0.15) is 27.5 Å². The topological polar surface area (TPSA) is 63.0 Å². The molecule has 1 aromatic heterocycles. The van der Waals surface area contributed by atoms with E-state index in [2.05, 4.69) is 9.72 Å². The predicted octanol–water partition coefficient (Wildman–Crippen LogP) is 4.19. The molecule has 0 saturated carbocycles. The Bertz CT molecular complexity index is 780. The number of benzene rings is 1. The maximum Gasteiger partial charge on any atom is 0.417 e. The van der Waals surface area contributed by atoms with E-state index < -0.39 is 30.1 Å². The number of aromatic nitrogens is 1. The van der Waals surface area contributed by atoms with Gasteiger partial charge in [0.2, 0.25) is 0 Å². The highest BCUT2D eigenvalue weighted by molar-refractivity contribution is 6.02. The number of rotatable bonds is 5. The summed E-state index contributed by atoms with van der Waals surface area (Å²) in [5.74, 6) is -2.32. The van der Waals surface area contributed by atoms with E-state index in [9.17, 15) is 26.7 Å². The molecule has 2 aromatic rings. The van der Waals surface area contributed by atoms with Gasteiger partial charge < -0.3 is 4.74 Å². The van der Waals surface area contributed by atoms with Crippen molar-refractivity contribution in [2.75, 3.05) is 0 Å². The summed E-state index contributed by atoms with van der Waals surface area (Å²) < 4.78 is 65.8. The van der Waals surface area contributed by atoms with Crippen molar-refractivity contribution in [1.29, 1.82) is 5.26 Å². The third-order valence-corrected chi connectivity index (χ3v) is 3.16. The van der Waals surface area contributed by atoms with Crippen LogP contribution in [0.4, 0.5) is 22.0 Å². The Morgan fingerprint density at radius 1 is 1.12 bits per heavy atom. The van der Waals surface area contributed by atoms with Crippen molar-refractivity contribution in [2.24, 2.45) is 0 Å². The first-order chi connectivity index (χ1) is 11.7. The van der Waals surface area contributed by atoms with Crippen molar-refractivity contribution in [3.8, 4) is 11.8 Å². The average Bonchev–Trinajstić information content (AvgIpc) is 2.55. The second kappa shape index (κ2) is 7.25. The number of hydrogen-bond donors (Lipinski definition) is 0. The smallest absolute Gasteiger partial charge is 0.417 e. The van der Waals surface area contributed by atoms with Gasteiger partial charge >= 0.3 is 12.8 Å². The van der Waals surface area contributed by atoms with Crippen LogP contribution in [-0.2, 0) is 6.18 Å². The molecule has 1 aromatic carbocycles. The van der Waals surface area contributed by atoms with Gasteiger partial charge in [-0.3, -0.25) is 9.78 Å². The lowest BCUT2D eigenvalue weighted by Gasteiger charge is -2.11. The summed E-state index contributed by atoms with van der Waals surface area (Å²) in [5, 5.41) is 9.16. The number of halogens is 5. The fourth-order valence-corrected chi connectivity index (χ4v) is 1.97. The summed E-state index contributed by atoms with van der Waals surface area (Å²) in [5.41, 5.74) is -1.14. The highest BCUT2D eigenvalue weighted by Gasteiger charge is 2.31. The Kier molecular flexibility index (Phi) is 5.32. The Morgan fingerprint density at radius 2 is 1.76 bits per heavy atom. The van der Waals surface area contributed by atoms with Gasteiger partial charge in [0, 0.05) is 11.8 Å². The van der Waals surface area contributed by atoms with Crippen molar-refractivity contribution < 1.29 is 31.5 Å². The number of nitrogens with zero attached hydrogens (tertiary/aromatic N) is 2. The Balaban J connectivity index is 2.22. The lowest BCUT2D eigenvalue weighted by Crippen LogP contribution is -2.14. The number of carbonyl (C=O) groups is 1. The molecule has 0 aliphatic carbocycles. The van der Waals surface area contributed by atoms with Crippen molar-refractivity contribution >= 4 is 5.78 Å². The first kappa shape index (κ1) is 18.3. The van der Waals surface area contributed by atoms with Gasteiger partial charge in [-0.05, 0) is 36.4 Å². The van der Waals surface area contributed by atoms with Crippen molar-refractivity contribution in [3.05, 3.63) is 59.4 Å². The second-order valence-electron chi connectivity index (χ2n) is 4.80. The van der Waals surface area contributed by atoms with Crippen LogP contribution in [0.15, 0.2) is 42.6 Å². The second-order valence-corrected chi connectivity index (χ2v) is 4.80. The molecular formula is C16H9F5N2O2. The summed E-state index contributed by atoms with van der Waals surface area (Å²) in [6.45, 7) is -3.02. The monoisotopic (exact) mass is 356 g/mol. The number of ketones is 1. The van der Waals surface area contributed by atoms with Crippen LogP contribution in [0.5, 0.6) is 5.75 Å². The third-order valence-electron chi connectivity index (χ3n) is 3.16. The lowest BCUT2D eigenvalue weighted by molar-refractivity contribution is -0.137. The van der Waals surface area contributed by atoms with Gasteiger partial charge in [0.1, 0.15) is 5.75 Å². The van der Waals surface area contributed by atoms with E-state index in [-0.39, 0.29) is 17.0 Å². The van der Waals surface area contributed by atoms with Gasteiger partial charge in [0.15, 0.2) is 11.7 Å². The first-order valence-electron chi connectivity index (χ1n) is 6.74. The Labute approximate surface area is 138 Å². The van der Waals surface area contributed by atoms with Crippen LogP contribution in [0.25, 0.3) is 0 Å². The van der Waals surface area contributed by atoms with Gasteiger partial charge in [-0.2, -0.15) is 27.2 Å². The van der Waals surface area contributed by atoms with Gasteiger partial charge in [-0.15, -0.1) is 0 Å². The minimum atomic E-state index is -4.59. The molecule has 0 aliphatic heterocycles. The van der Waals surface area contributed by atoms with E-state index in [4.69, 9.17) is 5.26 Å². The molecule has 130 valence electrons. The highest BCUT2D eigenvalue weighted by atomic mass is 19.4. The standard InChI is InChI=1S/C16H9F5N2O2/c17-15(18)25-11-4-1-9(2-5-11)14(24)12(7-22)13-6-3-10(8-23-13)16(19,20)21/h1-6,8,12,15H. The largest absolute Gasteiger partial charge is 0.435 e. The maximum absolute atomic E-state index is 12.5. The minimum absolute atomic E-state index is 0.00913. The summed E-state index contributed by atoms with van der Waals surface area (Å²) in [4.78, 5) is 15.9. The highest BCUT2D eigenvalue weighted by Crippen LogP contribution is 2.29. The van der Waals surface area contributed by atoms with Gasteiger partial charge in [-0.25, -0.2) is 0 Å². The van der Waals surface area contributed by atoms with E-state index in [1.54, 1.807) is 6.07 Å². The molecule has 1 heterocycles. The number of ether oxygens (including phenoxy) is 1. The number of carbonyl (C=O) groups excluding carboxylic acids is 1. The van der Waals surface area contributed by atoms with E-state index >= 15 is 0 Å². The number of pyridine rings is 1. The molecule has 0 fully saturated rings. The van der Waals surface area contributed by atoms with E-state index in [0.29, 0.717) is 6.20 Å². The zero-order valence-electron chi connectivity index (χ0n) is 12.3. The molecule has 9 heteroatoms. The quantitative estimate of drug-likeness (QED) is 0.595. The van der Waals surface area contributed by atoms with Crippen LogP contribution < -0.4 is 4.74 Å². The molecule has 0 radical (unpaired) electrons. The molecular weight excluding hydrogens is 347 g/mol. The molecule has 0 amide bonds. The molecule has 0 spiro atoms. The predicted molar refractivity (Wildman–Crippen MR) is 75.0 cm³/mol. The number of Topliss-reactive ketones (excluding diaryl/α,β-unsaturated/α-hetero) is 1. The molecule has 2 rings (SSSR count). The molecule has 4 nitrogen and oxygen atoms in total. The van der Waals surface area contributed by atoms with Gasteiger partial charge in [0.05, 0.1) is 17.3 Å².